The van der Waals surface area contributed by atoms with E-state index in [0.717, 1.165) is 19.3 Å². The Hall–Kier alpha value is -1.89. The molecule has 1 aromatic carbocycles. The van der Waals surface area contributed by atoms with E-state index < -0.39 is 28.4 Å². The van der Waals surface area contributed by atoms with Gasteiger partial charge in [-0.2, -0.15) is 0 Å². The highest BCUT2D eigenvalue weighted by molar-refractivity contribution is 7.90. The standard InChI is InChI=1S/C17H22N2O4S/c1-11-6-5-8-14(12(11)2)18-16(20)10-19-17(21)13-7-3-4-9-15(13)24(19,22)23/h3-4,7,9,11-12,14H,5-6,8,10H2,1-2H3,(H,18,20)/t11-,12+,14+/m0/s1. The number of rotatable bonds is 3. The molecule has 1 fully saturated rings. The van der Waals surface area contributed by atoms with E-state index in [-0.39, 0.29) is 16.5 Å². The van der Waals surface area contributed by atoms with Crippen molar-refractivity contribution in [3.05, 3.63) is 29.8 Å². The summed E-state index contributed by atoms with van der Waals surface area (Å²) >= 11 is 0. The van der Waals surface area contributed by atoms with E-state index in [1.54, 1.807) is 12.1 Å². The van der Waals surface area contributed by atoms with Crippen molar-refractivity contribution in [1.29, 1.82) is 0 Å². The number of hydrogen-bond donors (Lipinski definition) is 1. The van der Waals surface area contributed by atoms with Crippen molar-refractivity contribution in [3.63, 3.8) is 0 Å². The molecule has 6 nitrogen and oxygen atoms in total. The predicted molar refractivity (Wildman–Crippen MR) is 88.8 cm³/mol. The van der Waals surface area contributed by atoms with Crippen LogP contribution in [-0.4, -0.2) is 37.1 Å². The fourth-order valence-electron chi connectivity index (χ4n) is 3.56. The SMILES string of the molecule is C[C@@H]1[C@@H](C)CCC[C@H]1NC(=O)CN1C(=O)c2ccccc2S1(=O)=O. The quantitative estimate of drug-likeness (QED) is 0.900. The first-order valence-corrected chi connectivity index (χ1v) is 9.72. The fraction of sp³-hybridized carbons (Fsp3) is 0.529. The van der Waals surface area contributed by atoms with Gasteiger partial charge in [-0.25, -0.2) is 12.7 Å². The van der Waals surface area contributed by atoms with Gasteiger partial charge in [0.15, 0.2) is 0 Å². The topological polar surface area (TPSA) is 83.6 Å². The molecule has 1 aliphatic carbocycles. The highest BCUT2D eigenvalue weighted by Gasteiger charge is 2.42. The number of nitrogens with zero attached hydrogens (tertiary/aromatic N) is 1. The fourth-order valence-corrected chi connectivity index (χ4v) is 5.08. The minimum Gasteiger partial charge on any atom is -0.352 e. The lowest BCUT2D eigenvalue weighted by molar-refractivity contribution is -0.122. The number of fused-ring (bicyclic) bond motifs is 1. The van der Waals surface area contributed by atoms with Crippen LogP contribution in [0.2, 0.25) is 0 Å². The summed E-state index contributed by atoms with van der Waals surface area (Å²) in [7, 11) is -3.93. The zero-order valence-corrected chi connectivity index (χ0v) is 14.7. The molecule has 0 saturated heterocycles. The maximum atomic E-state index is 12.5. The third-order valence-corrected chi connectivity index (χ3v) is 7.04. The first-order valence-electron chi connectivity index (χ1n) is 8.28. The molecule has 2 amide bonds. The second-order valence-electron chi connectivity index (χ2n) is 6.75. The largest absolute Gasteiger partial charge is 0.352 e. The molecule has 0 unspecified atom stereocenters. The van der Waals surface area contributed by atoms with E-state index in [1.807, 2.05) is 0 Å². The van der Waals surface area contributed by atoms with Gasteiger partial charge in [0.1, 0.15) is 11.4 Å². The number of benzene rings is 1. The number of hydrogen-bond acceptors (Lipinski definition) is 4. The molecule has 1 aromatic rings. The van der Waals surface area contributed by atoms with Gasteiger partial charge in [0.2, 0.25) is 5.91 Å². The van der Waals surface area contributed by atoms with Gasteiger partial charge < -0.3 is 5.32 Å². The average molecular weight is 350 g/mol. The number of amides is 2. The van der Waals surface area contributed by atoms with Crippen molar-refractivity contribution in [1.82, 2.24) is 9.62 Å². The molecule has 3 rings (SSSR count). The molecule has 2 aliphatic rings. The molecule has 7 heteroatoms. The first kappa shape index (κ1) is 17.0. The third-order valence-electron chi connectivity index (χ3n) is 5.25. The van der Waals surface area contributed by atoms with Gasteiger partial charge in [0.25, 0.3) is 15.9 Å². The second-order valence-corrected chi connectivity index (χ2v) is 8.59. The smallest absolute Gasteiger partial charge is 0.269 e. The summed E-state index contributed by atoms with van der Waals surface area (Å²) in [4.78, 5) is 24.6. The van der Waals surface area contributed by atoms with E-state index >= 15 is 0 Å². The Bertz CT molecular complexity index is 775. The summed E-state index contributed by atoms with van der Waals surface area (Å²) in [5, 5.41) is 2.91. The normalized spacial score (nSPS) is 28.5. The van der Waals surface area contributed by atoms with Crippen LogP contribution in [0.4, 0.5) is 0 Å². The lowest BCUT2D eigenvalue weighted by Gasteiger charge is -2.34. The Kier molecular flexibility index (Phi) is 4.38. The van der Waals surface area contributed by atoms with E-state index in [4.69, 9.17) is 0 Å². The lowest BCUT2D eigenvalue weighted by Crippen LogP contribution is -2.48. The van der Waals surface area contributed by atoms with Crippen LogP contribution < -0.4 is 5.32 Å². The van der Waals surface area contributed by atoms with Crippen molar-refractivity contribution in [2.24, 2.45) is 11.8 Å². The van der Waals surface area contributed by atoms with Crippen LogP contribution in [0.15, 0.2) is 29.2 Å². The Labute approximate surface area is 142 Å². The summed E-state index contributed by atoms with van der Waals surface area (Å²) in [5.74, 6) is -0.201. The maximum absolute atomic E-state index is 12.5. The van der Waals surface area contributed by atoms with Crippen molar-refractivity contribution >= 4 is 21.8 Å². The molecule has 130 valence electrons. The molecule has 24 heavy (non-hydrogen) atoms. The summed E-state index contributed by atoms with van der Waals surface area (Å²) in [6.45, 7) is 3.80. The summed E-state index contributed by atoms with van der Waals surface area (Å²) in [6, 6.07) is 6.08. The minimum absolute atomic E-state index is 0.0255. The zero-order valence-electron chi connectivity index (χ0n) is 13.9. The molecule has 1 saturated carbocycles. The van der Waals surface area contributed by atoms with Gasteiger partial charge in [0.05, 0.1) is 5.56 Å². The summed E-state index contributed by atoms with van der Waals surface area (Å²) in [6.07, 6.45) is 3.07. The molecule has 1 heterocycles. The Morgan fingerprint density at radius 2 is 1.96 bits per heavy atom. The maximum Gasteiger partial charge on any atom is 0.269 e. The van der Waals surface area contributed by atoms with Gasteiger partial charge in [-0.3, -0.25) is 9.59 Å². The monoisotopic (exact) mass is 350 g/mol. The number of sulfonamides is 1. The van der Waals surface area contributed by atoms with E-state index in [1.165, 1.54) is 12.1 Å². The molecular formula is C17H22N2O4S. The Morgan fingerprint density at radius 1 is 1.25 bits per heavy atom. The van der Waals surface area contributed by atoms with Crippen LogP contribution in [0.3, 0.4) is 0 Å². The minimum atomic E-state index is -3.93. The van der Waals surface area contributed by atoms with Gasteiger partial charge >= 0.3 is 0 Å². The number of carbonyl (C=O) groups is 2. The van der Waals surface area contributed by atoms with Crippen LogP contribution in [0.25, 0.3) is 0 Å². The molecular weight excluding hydrogens is 328 g/mol. The van der Waals surface area contributed by atoms with Crippen molar-refractivity contribution in [3.8, 4) is 0 Å². The lowest BCUT2D eigenvalue weighted by atomic mass is 9.78. The van der Waals surface area contributed by atoms with E-state index in [0.29, 0.717) is 16.1 Å². The molecule has 1 N–H and O–H groups in total. The van der Waals surface area contributed by atoms with E-state index in [2.05, 4.69) is 19.2 Å². The van der Waals surface area contributed by atoms with Gasteiger partial charge in [-0.05, 0) is 30.4 Å². The van der Waals surface area contributed by atoms with E-state index in [9.17, 15) is 18.0 Å². The highest BCUT2D eigenvalue weighted by Crippen LogP contribution is 2.31. The Morgan fingerprint density at radius 3 is 2.67 bits per heavy atom. The number of nitrogens with one attached hydrogen (secondary N) is 1. The average Bonchev–Trinajstić information content (AvgIpc) is 2.73. The molecule has 0 radical (unpaired) electrons. The third kappa shape index (κ3) is 2.81. The predicted octanol–water partition coefficient (Wildman–Crippen LogP) is 1.77. The van der Waals surface area contributed by atoms with Gasteiger partial charge in [0, 0.05) is 6.04 Å². The number of carbonyl (C=O) groups excluding carboxylic acids is 2. The van der Waals surface area contributed by atoms with Crippen molar-refractivity contribution in [2.45, 2.75) is 44.0 Å². The van der Waals surface area contributed by atoms with Gasteiger partial charge in [-0.1, -0.05) is 38.8 Å². The first-order chi connectivity index (χ1) is 11.3. The molecule has 0 spiro atoms. The van der Waals surface area contributed by atoms with Gasteiger partial charge in [-0.15, -0.1) is 0 Å². The summed E-state index contributed by atoms with van der Waals surface area (Å²) in [5.41, 5.74) is 0.130. The molecule has 0 bridgehead atoms. The van der Waals surface area contributed by atoms with Crippen molar-refractivity contribution in [2.75, 3.05) is 6.54 Å². The second kappa shape index (κ2) is 6.20. The highest BCUT2D eigenvalue weighted by atomic mass is 32.2. The molecule has 1 aliphatic heterocycles. The Balaban J connectivity index is 1.73. The molecule has 0 aromatic heterocycles. The van der Waals surface area contributed by atoms with Crippen molar-refractivity contribution < 1.29 is 18.0 Å². The van der Waals surface area contributed by atoms with Crippen LogP contribution in [0.5, 0.6) is 0 Å². The molecule has 3 atom stereocenters. The van der Waals surface area contributed by atoms with Crippen LogP contribution in [0.1, 0.15) is 43.5 Å². The summed E-state index contributed by atoms with van der Waals surface area (Å²) < 4.78 is 25.6. The van der Waals surface area contributed by atoms with Crippen LogP contribution >= 0.6 is 0 Å². The van der Waals surface area contributed by atoms with Crippen LogP contribution in [-0.2, 0) is 14.8 Å². The van der Waals surface area contributed by atoms with Crippen LogP contribution in [0, 0.1) is 11.8 Å². The zero-order chi connectivity index (χ0) is 17.5.